The summed E-state index contributed by atoms with van der Waals surface area (Å²) >= 11 is 4.32. The quantitative estimate of drug-likeness (QED) is 0.395. The molecule has 0 aliphatic rings. The van der Waals surface area contributed by atoms with Gasteiger partial charge in [0.2, 0.25) is 0 Å². The number of rotatable bonds is 6. The minimum atomic E-state index is -1.57. The molecular formula is C22H17ClN4O3S. The van der Waals surface area contributed by atoms with Crippen LogP contribution in [0.25, 0.3) is 11.3 Å². The predicted octanol–water partition coefficient (Wildman–Crippen LogP) is 5.09. The Bertz CT molecular complexity index is 1200. The molecule has 0 aliphatic carbocycles. The molecule has 0 saturated carbocycles. The van der Waals surface area contributed by atoms with E-state index >= 15 is 0 Å². The van der Waals surface area contributed by atoms with E-state index in [-0.39, 0.29) is 11.7 Å². The fourth-order valence-electron chi connectivity index (χ4n) is 2.74. The number of nitrogens with zero attached hydrogens (tertiary/aromatic N) is 2. The highest BCUT2D eigenvalue weighted by molar-refractivity contribution is 7.92. The van der Waals surface area contributed by atoms with E-state index in [4.69, 9.17) is 16.0 Å². The molecule has 156 valence electrons. The lowest BCUT2D eigenvalue weighted by Gasteiger charge is -2.14. The lowest BCUT2D eigenvalue weighted by atomic mass is 10.2. The topological polar surface area (TPSA) is 103 Å². The Hall–Kier alpha value is -3.33. The third kappa shape index (κ3) is 5.05. The largest absolute Gasteiger partial charge is 0.588 e. The highest BCUT2D eigenvalue weighted by Gasteiger charge is 2.20. The Morgan fingerprint density at radius 3 is 2.55 bits per heavy atom. The third-order valence-electron chi connectivity index (χ3n) is 4.31. The van der Waals surface area contributed by atoms with E-state index in [1.54, 1.807) is 37.3 Å². The van der Waals surface area contributed by atoms with Crippen molar-refractivity contribution >= 4 is 40.4 Å². The SMILES string of the molecule is Cc1cnc(NC(=O)c2ncc(-c3ccccc3)o2)cc1[S+]([O-])Nc1ccc(Cl)cc1. The molecule has 0 spiro atoms. The molecule has 0 aliphatic heterocycles. The molecule has 1 amide bonds. The lowest BCUT2D eigenvalue weighted by molar-refractivity contribution is 0.0990. The molecule has 0 radical (unpaired) electrons. The predicted molar refractivity (Wildman–Crippen MR) is 120 cm³/mol. The number of amides is 1. The summed E-state index contributed by atoms with van der Waals surface area (Å²) in [6, 6.07) is 17.8. The lowest BCUT2D eigenvalue weighted by Crippen LogP contribution is -2.17. The molecule has 0 bridgehead atoms. The first-order valence-corrected chi connectivity index (χ1v) is 10.8. The van der Waals surface area contributed by atoms with Crippen LogP contribution >= 0.6 is 11.6 Å². The van der Waals surface area contributed by atoms with E-state index in [1.165, 1.54) is 12.4 Å². The van der Waals surface area contributed by atoms with Gasteiger partial charge in [-0.1, -0.05) is 41.9 Å². The second kappa shape index (κ2) is 9.22. The first-order chi connectivity index (χ1) is 15.0. The van der Waals surface area contributed by atoms with Gasteiger partial charge in [-0.05, 0) is 31.2 Å². The number of aryl methyl sites for hydroxylation is 1. The van der Waals surface area contributed by atoms with Crippen molar-refractivity contribution < 1.29 is 13.8 Å². The molecule has 0 saturated heterocycles. The fourth-order valence-corrected chi connectivity index (χ4v) is 3.89. The van der Waals surface area contributed by atoms with Crippen LogP contribution in [0, 0.1) is 6.92 Å². The van der Waals surface area contributed by atoms with Gasteiger partial charge in [-0.2, -0.15) is 0 Å². The molecule has 1 unspecified atom stereocenters. The van der Waals surface area contributed by atoms with Crippen LogP contribution < -0.4 is 10.0 Å². The number of benzene rings is 2. The Morgan fingerprint density at radius 1 is 1.06 bits per heavy atom. The fraction of sp³-hybridized carbons (Fsp3) is 0.0455. The summed E-state index contributed by atoms with van der Waals surface area (Å²) in [5.74, 6) is 0.0667. The first kappa shape index (κ1) is 20.9. The van der Waals surface area contributed by atoms with Crippen LogP contribution in [0.2, 0.25) is 5.02 Å². The number of hydrogen-bond donors (Lipinski definition) is 2. The Kier molecular flexibility index (Phi) is 6.22. The highest BCUT2D eigenvalue weighted by atomic mass is 35.5. The van der Waals surface area contributed by atoms with Gasteiger partial charge in [-0.15, -0.1) is 0 Å². The zero-order chi connectivity index (χ0) is 21.8. The molecule has 0 fully saturated rings. The van der Waals surface area contributed by atoms with Crippen molar-refractivity contribution in [1.29, 1.82) is 0 Å². The number of carbonyl (C=O) groups excluding carboxylic acids is 1. The van der Waals surface area contributed by atoms with Crippen LogP contribution in [-0.2, 0) is 11.4 Å². The molecule has 4 aromatic rings. The maximum absolute atomic E-state index is 12.8. The highest BCUT2D eigenvalue weighted by Crippen LogP contribution is 2.23. The minimum Gasteiger partial charge on any atom is -0.588 e. The zero-order valence-corrected chi connectivity index (χ0v) is 17.9. The Labute approximate surface area is 186 Å². The third-order valence-corrected chi connectivity index (χ3v) is 5.82. The standard InChI is InChI=1S/C22H17ClN4O3S/c1-14-12-24-20(11-19(14)31(29)27-17-9-7-16(23)8-10-17)26-21(28)22-25-13-18(30-22)15-5-3-2-4-6-15/h2-13,27H,1H3,(H,24,26,28). The number of oxazole rings is 1. The van der Waals surface area contributed by atoms with Gasteiger partial charge in [0.25, 0.3) is 5.89 Å². The van der Waals surface area contributed by atoms with Gasteiger partial charge in [0.05, 0.1) is 11.9 Å². The van der Waals surface area contributed by atoms with Crippen LogP contribution in [0.5, 0.6) is 0 Å². The molecule has 4 rings (SSSR count). The van der Waals surface area contributed by atoms with Crippen molar-refractivity contribution in [1.82, 2.24) is 9.97 Å². The van der Waals surface area contributed by atoms with E-state index in [1.807, 2.05) is 30.3 Å². The van der Waals surface area contributed by atoms with Crippen molar-refractivity contribution in [3.05, 3.63) is 89.5 Å². The van der Waals surface area contributed by atoms with Crippen molar-refractivity contribution in [2.24, 2.45) is 0 Å². The van der Waals surface area contributed by atoms with Gasteiger partial charge in [-0.3, -0.25) is 4.79 Å². The maximum atomic E-state index is 12.8. The number of hydrogen-bond acceptors (Lipinski definition) is 6. The van der Waals surface area contributed by atoms with Crippen molar-refractivity contribution in [3.8, 4) is 11.3 Å². The molecule has 1 atom stereocenters. The number of halogens is 1. The van der Waals surface area contributed by atoms with Crippen LogP contribution in [0.1, 0.15) is 16.2 Å². The maximum Gasteiger partial charge on any atom is 0.312 e. The van der Waals surface area contributed by atoms with E-state index in [2.05, 4.69) is 20.0 Å². The van der Waals surface area contributed by atoms with Crippen LogP contribution in [-0.4, -0.2) is 20.4 Å². The summed E-state index contributed by atoms with van der Waals surface area (Å²) in [5, 5.41) is 3.22. The second-order valence-corrected chi connectivity index (χ2v) is 8.18. The normalized spacial score (nSPS) is 11.7. The van der Waals surface area contributed by atoms with Crippen molar-refractivity contribution in [2.45, 2.75) is 11.8 Å². The Morgan fingerprint density at radius 2 is 1.81 bits per heavy atom. The average Bonchev–Trinajstić information content (AvgIpc) is 3.28. The number of aromatic nitrogens is 2. The number of pyridine rings is 1. The minimum absolute atomic E-state index is 0.0943. The van der Waals surface area contributed by atoms with E-state index in [0.717, 1.165) is 5.56 Å². The van der Waals surface area contributed by atoms with Crippen LogP contribution in [0.4, 0.5) is 11.5 Å². The molecule has 2 heterocycles. The number of anilines is 2. The molecule has 2 aromatic carbocycles. The number of nitrogens with one attached hydrogen (secondary N) is 2. The monoisotopic (exact) mass is 452 g/mol. The molecule has 2 N–H and O–H groups in total. The molecule has 7 nitrogen and oxygen atoms in total. The van der Waals surface area contributed by atoms with E-state index in [0.29, 0.717) is 26.9 Å². The zero-order valence-electron chi connectivity index (χ0n) is 16.3. The average molecular weight is 453 g/mol. The Balaban J connectivity index is 1.48. The summed E-state index contributed by atoms with van der Waals surface area (Å²) < 4.78 is 21.2. The van der Waals surface area contributed by atoms with Gasteiger partial charge in [0, 0.05) is 28.4 Å². The van der Waals surface area contributed by atoms with Crippen LogP contribution in [0.3, 0.4) is 0 Å². The summed E-state index contributed by atoms with van der Waals surface area (Å²) in [5.41, 5.74) is 2.17. The van der Waals surface area contributed by atoms with Gasteiger partial charge >= 0.3 is 5.91 Å². The van der Waals surface area contributed by atoms with Crippen LogP contribution in [0.15, 0.2) is 82.4 Å². The van der Waals surface area contributed by atoms with Gasteiger partial charge in [0.1, 0.15) is 17.2 Å². The summed E-state index contributed by atoms with van der Waals surface area (Å²) in [6.45, 7) is 1.79. The van der Waals surface area contributed by atoms with E-state index < -0.39 is 17.3 Å². The summed E-state index contributed by atoms with van der Waals surface area (Å²) in [7, 11) is 0. The summed E-state index contributed by atoms with van der Waals surface area (Å²) in [4.78, 5) is 21.2. The second-order valence-electron chi connectivity index (χ2n) is 6.56. The first-order valence-electron chi connectivity index (χ1n) is 9.23. The van der Waals surface area contributed by atoms with Crippen molar-refractivity contribution in [2.75, 3.05) is 10.0 Å². The van der Waals surface area contributed by atoms with E-state index in [9.17, 15) is 9.35 Å². The van der Waals surface area contributed by atoms with Gasteiger partial charge in [-0.25, -0.2) is 14.7 Å². The van der Waals surface area contributed by atoms with Gasteiger partial charge in [0.15, 0.2) is 10.7 Å². The molecule has 9 heteroatoms. The van der Waals surface area contributed by atoms with Crippen molar-refractivity contribution in [3.63, 3.8) is 0 Å². The van der Waals surface area contributed by atoms with Gasteiger partial charge < -0.3 is 14.3 Å². The number of carbonyl (C=O) groups is 1. The summed E-state index contributed by atoms with van der Waals surface area (Å²) in [6.07, 6.45) is 3.03. The molecule has 2 aromatic heterocycles. The smallest absolute Gasteiger partial charge is 0.312 e. The molecular weight excluding hydrogens is 436 g/mol. The molecule has 31 heavy (non-hydrogen) atoms.